The molecule has 2 aliphatic heterocycles. The molecule has 1 atom stereocenters. The standard InChI is InChI=1S/C12H16N2O3S/c13-4-8-3-11(15)14(5-8)6-10-12-9(7-18-10)16-1-2-17-12/h7-8H,1-6,13H2. The average Bonchev–Trinajstić information content (AvgIpc) is 2.95. The van der Waals surface area contributed by atoms with Gasteiger partial charge in [0.15, 0.2) is 11.5 Å². The highest BCUT2D eigenvalue weighted by molar-refractivity contribution is 7.10. The van der Waals surface area contributed by atoms with Gasteiger partial charge >= 0.3 is 0 Å². The highest BCUT2D eigenvalue weighted by atomic mass is 32.1. The number of carbonyl (C=O) groups excluding carboxylic acids is 1. The SMILES string of the molecule is NCC1CC(=O)N(Cc2scc3c2OCCO3)C1. The molecule has 3 heterocycles. The lowest BCUT2D eigenvalue weighted by molar-refractivity contribution is -0.128. The molecule has 1 fully saturated rings. The van der Waals surface area contributed by atoms with Crippen molar-refractivity contribution in [3.63, 3.8) is 0 Å². The van der Waals surface area contributed by atoms with Crippen molar-refractivity contribution in [2.24, 2.45) is 11.7 Å². The number of amides is 1. The third-order valence-corrected chi connectivity index (χ3v) is 4.27. The zero-order valence-electron chi connectivity index (χ0n) is 10.1. The Morgan fingerprint density at radius 3 is 3.06 bits per heavy atom. The largest absolute Gasteiger partial charge is 0.485 e. The first-order valence-corrected chi connectivity index (χ1v) is 6.99. The van der Waals surface area contributed by atoms with Gasteiger partial charge in [0.1, 0.15) is 13.2 Å². The predicted molar refractivity (Wildman–Crippen MR) is 67.9 cm³/mol. The summed E-state index contributed by atoms with van der Waals surface area (Å²) in [5, 5.41) is 1.95. The van der Waals surface area contributed by atoms with E-state index in [0.29, 0.717) is 38.6 Å². The van der Waals surface area contributed by atoms with Gasteiger partial charge in [-0.15, -0.1) is 11.3 Å². The molecule has 0 radical (unpaired) electrons. The minimum absolute atomic E-state index is 0.185. The molecule has 1 unspecified atom stereocenters. The first-order valence-electron chi connectivity index (χ1n) is 6.11. The molecule has 0 saturated carbocycles. The first kappa shape index (κ1) is 11.8. The summed E-state index contributed by atoms with van der Waals surface area (Å²) in [6, 6.07) is 0. The third kappa shape index (κ3) is 2.06. The molecular formula is C12H16N2O3S. The third-order valence-electron chi connectivity index (χ3n) is 3.33. The molecular weight excluding hydrogens is 252 g/mol. The number of rotatable bonds is 3. The van der Waals surface area contributed by atoms with Crippen LogP contribution >= 0.6 is 11.3 Å². The molecule has 0 aromatic carbocycles. The van der Waals surface area contributed by atoms with E-state index in [9.17, 15) is 4.79 Å². The Kier molecular flexibility index (Phi) is 3.13. The van der Waals surface area contributed by atoms with Crippen molar-refractivity contribution in [1.29, 1.82) is 0 Å². The van der Waals surface area contributed by atoms with Gasteiger partial charge in [-0.25, -0.2) is 0 Å². The zero-order chi connectivity index (χ0) is 12.5. The molecule has 0 spiro atoms. The minimum atomic E-state index is 0.185. The van der Waals surface area contributed by atoms with Crippen molar-refractivity contribution >= 4 is 17.2 Å². The second-order valence-corrected chi connectivity index (χ2v) is 5.59. The van der Waals surface area contributed by atoms with E-state index in [2.05, 4.69) is 0 Å². The van der Waals surface area contributed by atoms with E-state index in [-0.39, 0.29) is 5.91 Å². The molecule has 3 rings (SSSR count). The van der Waals surface area contributed by atoms with Crippen molar-refractivity contribution in [3.05, 3.63) is 10.3 Å². The van der Waals surface area contributed by atoms with Gasteiger partial charge in [0, 0.05) is 18.3 Å². The Balaban J connectivity index is 1.73. The number of nitrogens with two attached hydrogens (primary N) is 1. The molecule has 1 aromatic heterocycles. The Bertz CT molecular complexity index is 460. The smallest absolute Gasteiger partial charge is 0.223 e. The van der Waals surface area contributed by atoms with Gasteiger partial charge in [-0.05, 0) is 12.5 Å². The fourth-order valence-corrected chi connectivity index (χ4v) is 3.28. The minimum Gasteiger partial charge on any atom is -0.485 e. The Labute approximate surface area is 109 Å². The van der Waals surface area contributed by atoms with Crippen LogP contribution in [0.2, 0.25) is 0 Å². The van der Waals surface area contributed by atoms with Crippen LogP contribution in [0.25, 0.3) is 0 Å². The second-order valence-electron chi connectivity index (χ2n) is 4.63. The van der Waals surface area contributed by atoms with Gasteiger partial charge in [-0.3, -0.25) is 4.79 Å². The number of thiophene rings is 1. The van der Waals surface area contributed by atoms with Crippen molar-refractivity contribution in [3.8, 4) is 11.5 Å². The monoisotopic (exact) mass is 268 g/mol. The summed E-state index contributed by atoms with van der Waals surface area (Å²) in [4.78, 5) is 14.8. The van der Waals surface area contributed by atoms with Gasteiger partial charge in [0.05, 0.1) is 11.4 Å². The van der Waals surface area contributed by atoms with Crippen LogP contribution in [0, 0.1) is 5.92 Å². The highest BCUT2D eigenvalue weighted by Crippen LogP contribution is 2.40. The summed E-state index contributed by atoms with van der Waals surface area (Å²) in [5.41, 5.74) is 5.62. The lowest BCUT2D eigenvalue weighted by atomic mass is 10.1. The summed E-state index contributed by atoms with van der Waals surface area (Å²) < 4.78 is 11.1. The first-order chi connectivity index (χ1) is 8.78. The highest BCUT2D eigenvalue weighted by Gasteiger charge is 2.30. The van der Waals surface area contributed by atoms with E-state index >= 15 is 0 Å². The molecule has 1 amide bonds. The Morgan fingerprint density at radius 1 is 1.44 bits per heavy atom. The van der Waals surface area contributed by atoms with E-state index < -0.39 is 0 Å². The molecule has 6 heteroatoms. The van der Waals surface area contributed by atoms with Gasteiger partial charge in [0.25, 0.3) is 0 Å². The van der Waals surface area contributed by atoms with Crippen LogP contribution < -0.4 is 15.2 Å². The van der Waals surface area contributed by atoms with E-state index in [0.717, 1.165) is 22.9 Å². The van der Waals surface area contributed by atoms with Crippen LogP contribution in [0.5, 0.6) is 11.5 Å². The topological polar surface area (TPSA) is 64.8 Å². The number of carbonyl (C=O) groups is 1. The van der Waals surface area contributed by atoms with Gasteiger partial charge in [-0.2, -0.15) is 0 Å². The quantitative estimate of drug-likeness (QED) is 0.881. The summed E-state index contributed by atoms with van der Waals surface area (Å²) in [6.07, 6.45) is 0.571. The lowest BCUT2D eigenvalue weighted by Crippen LogP contribution is -2.26. The number of likely N-dealkylation sites (tertiary alicyclic amines) is 1. The van der Waals surface area contributed by atoms with Crippen molar-refractivity contribution < 1.29 is 14.3 Å². The van der Waals surface area contributed by atoms with Gasteiger partial charge in [0.2, 0.25) is 5.91 Å². The van der Waals surface area contributed by atoms with E-state index in [1.54, 1.807) is 11.3 Å². The Hall–Kier alpha value is -1.27. The van der Waals surface area contributed by atoms with E-state index in [1.807, 2.05) is 10.3 Å². The van der Waals surface area contributed by atoms with Crippen LogP contribution in [0.4, 0.5) is 0 Å². The summed E-state index contributed by atoms with van der Waals surface area (Å²) >= 11 is 1.59. The lowest BCUT2D eigenvalue weighted by Gasteiger charge is -2.19. The van der Waals surface area contributed by atoms with Crippen molar-refractivity contribution in [2.75, 3.05) is 26.3 Å². The number of ether oxygens (including phenoxy) is 2. The zero-order valence-corrected chi connectivity index (χ0v) is 10.9. The fourth-order valence-electron chi connectivity index (χ4n) is 2.36. The van der Waals surface area contributed by atoms with Crippen LogP contribution in [0.3, 0.4) is 0 Å². The molecule has 18 heavy (non-hydrogen) atoms. The molecule has 5 nitrogen and oxygen atoms in total. The number of fused-ring (bicyclic) bond motifs is 1. The summed E-state index contributed by atoms with van der Waals surface area (Å²) in [6.45, 7) is 3.11. The van der Waals surface area contributed by atoms with Crippen molar-refractivity contribution in [1.82, 2.24) is 4.90 Å². The number of nitrogens with zero attached hydrogens (tertiary/aromatic N) is 1. The number of hydrogen-bond donors (Lipinski definition) is 1. The molecule has 0 aliphatic carbocycles. The predicted octanol–water partition coefficient (Wildman–Crippen LogP) is 0.826. The molecule has 1 aromatic rings. The Morgan fingerprint density at radius 2 is 2.28 bits per heavy atom. The maximum absolute atomic E-state index is 11.8. The summed E-state index contributed by atoms with van der Waals surface area (Å²) in [7, 11) is 0. The molecule has 1 saturated heterocycles. The average molecular weight is 268 g/mol. The molecule has 2 N–H and O–H groups in total. The molecule has 0 bridgehead atoms. The van der Waals surface area contributed by atoms with Crippen LogP contribution in [-0.2, 0) is 11.3 Å². The second kappa shape index (κ2) is 4.78. The van der Waals surface area contributed by atoms with Crippen LogP contribution in [0.1, 0.15) is 11.3 Å². The van der Waals surface area contributed by atoms with Gasteiger partial charge in [-0.1, -0.05) is 0 Å². The fraction of sp³-hybridized carbons (Fsp3) is 0.583. The normalized spacial score (nSPS) is 22.6. The number of hydrogen-bond acceptors (Lipinski definition) is 5. The maximum Gasteiger partial charge on any atom is 0.223 e. The van der Waals surface area contributed by atoms with Crippen molar-refractivity contribution in [2.45, 2.75) is 13.0 Å². The van der Waals surface area contributed by atoms with E-state index in [1.165, 1.54) is 0 Å². The molecule has 2 aliphatic rings. The molecule has 98 valence electrons. The van der Waals surface area contributed by atoms with Crippen LogP contribution in [-0.4, -0.2) is 37.1 Å². The van der Waals surface area contributed by atoms with Gasteiger partial charge < -0.3 is 20.1 Å². The van der Waals surface area contributed by atoms with E-state index in [4.69, 9.17) is 15.2 Å². The maximum atomic E-state index is 11.8. The van der Waals surface area contributed by atoms with Crippen LogP contribution in [0.15, 0.2) is 5.38 Å². The summed E-state index contributed by atoms with van der Waals surface area (Å²) in [5.74, 6) is 2.10.